The number of H-pyrrole nitrogens is 1. The predicted molar refractivity (Wildman–Crippen MR) is 77.1 cm³/mol. The number of anilines is 2. The van der Waals surface area contributed by atoms with Crippen LogP contribution < -0.4 is 11.1 Å². The summed E-state index contributed by atoms with van der Waals surface area (Å²) in [4.78, 5) is 0. The van der Waals surface area contributed by atoms with E-state index in [-0.39, 0.29) is 0 Å². The highest BCUT2D eigenvalue weighted by Crippen LogP contribution is 2.28. The lowest BCUT2D eigenvalue weighted by Crippen LogP contribution is -2.31. The zero-order valence-electron chi connectivity index (χ0n) is 11.1. The molecule has 0 amide bonds. The summed E-state index contributed by atoms with van der Waals surface area (Å²) in [7, 11) is 0. The lowest BCUT2D eigenvalue weighted by Gasteiger charge is -2.29. The Morgan fingerprint density at radius 1 is 1.42 bits per heavy atom. The molecule has 102 valence electrons. The van der Waals surface area contributed by atoms with Gasteiger partial charge < -0.3 is 15.8 Å². The smallest absolute Gasteiger partial charge is 0.0672 e. The van der Waals surface area contributed by atoms with Crippen molar-refractivity contribution in [3.8, 4) is 0 Å². The zero-order chi connectivity index (χ0) is 13.2. The van der Waals surface area contributed by atoms with Crippen molar-refractivity contribution in [2.75, 3.05) is 24.3 Å². The van der Waals surface area contributed by atoms with Crippen LogP contribution in [-0.4, -0.2) is 29.5 Å². The maximum atomic E-state index is 6.09. The van der Waals surface area contributed by atoms with E-state index in [0.717, 1.165) is 48.3 Å². The molecule has 1 fully saturated rings. The average Bonchev–Trinajstić information content (AvgIpc) is 2.87. The molecule has 0 radical (unpaired) electrons. The molecule has 0 aliphatic carbocycles. The summed E-state index contributed by atoms with van der Waals surface area (Å²) in [5.41, 5.74) is 8.86. The summed E-state index contributed by atoms with van der Waals surface area (Å²) < 4.78 is 5.41. The number of rotatable bonds is 3. The van der Waals surface area contributed by atoms with E-state index in [4.69, 9.17) is 10.5 Å². The Hall–Kier alpha value is -1.75. The first-order valence-electron chi connectivity index (χ1n) is 6.81. The summed E-state index contributed by atoms with van der Waals surface area (Å²) >= 11 is 0. The molecule has 1 aromatic carbocycles. The van der Waals surface area contributed by atoms with E-state index in [0.29, 0.717) is 12.0 Å². The van der Waals surface area contributed by atoms with Crippen LogP contribution in [0.1, 0.15) is 19.8 Å². The van der Waals surface area contributed by atoms with E-state index < -0.39 is 0 Å². The van der Waals surface area contributed by atoms with E-state index in [1.165, 1.54) is 0 Å². The van der Waals surface area contributed by atoms with E-state index in [1.54, 1.807) is 6.20 Å². The van der Waals surface area contributed by atoms with Crippen molar-refractivity contribution in [3.63, 3.8) is 0 Å². The second-order valence-corrected chi connectivity index (χ2v) is 5.28. The molecule has 1 saturated heterocycles. The molecule has 19 heavy (non-hydrogen) atoms. The third-order valence-electron chi connectivity index (χ3n) is 3.97. The average molecular weight is 260 g/mol. The normalized spacial score (nSPS) is 18.6. The summed E-state index contributed by atoms with van der Waals surface area (Å²) in [6, 6.07) is 4.39. The fourth-order valence-corrected chi connectivity index (χ4v) is 2.71. The number of aromatic amines is 1. The number of aromatic nitrogens is 2. The number of ether oxygens (including phenoxy) is 1. The molecule has 0 spiro atoms. The van der Waals surface area contributed by atoms with Gasteiger partial charge in [0.25, 0.3) is 0 Å². The standard InChI is InChI=1S/C14H20N4O/c1-9(10-2-4-19-5-3-10)17-14-7-13-11(6-12(14)15)8-16-18-13/h6-10,17H,2-5,15H2,1H3,(H,16,18). The first-order valence-corrected chi connectivity index (χ1v) is 6.81. The van der Waals surface area contributed by atoms with E-state index in [1.807, 2.05) is 12.1 Å². The Labute approximate surface area is 112 Å². The van der Waals surface area contributed by atoms with Crippen LogP contribution in [0.15, 0.2) is 18.3 Å². The molecule has 1 unspecified atom stereocenters. The minimum atomic E-state index is 0.395. The van der Waals surface area contributed by atoms with E-state index in [9.17, 15) is 0 Å². The number of nitrogens with two attached hydrogens (primary N) is 1. The number of fused-ring (bicyclic) bond motifs is 1. The van der Waals surface area contributed by atoms with E-state index >= 15 is 0 Å². The van der Waals surface area contributed by atoms with Crippen LogP contribution >= 0.6 is 0 Å². The first-order chi connectivity index (χ1) is 9.24. The van der Waals surface area contributed by atoms with Gasteiger partial charge in [-0.05, 0) is 37.8 Å². The topological polar surface area (TPSA) is 76.0 Å². The molecule has 1 atom stereocenters. The van der Waals surface area contributed by atoms with Crippen molar-refractivity contribution in [1.82, 2.24) is 10.2 Å². The second-order valence-electron chi connectivity index (χ2n) is 5.28. The molecule has 1 aliphatic rings. The summed E-state index contributed by atoms with van der Waals surface area (Å²) in [6.45, 7) is 3.95. The largest absolute Gasteiger partial charge is 0.397 e. The second kappa shape index (κ2) is 5.09. The van der Waals surface area contributed by atoms with Crippen LogP contribution in [0.25, 0.3) is 10.9 Å². The van der Waals surface area contributed by atoms with Crippen molar-refractivity contribution in [2.45, 2.75) is 25.8 Å². The van der Waals surface area contributed by atoms with Crippen LogP contribution in [0, 0.1) is 5.92 Å². The van der Waals surface area contributed by atoms with Crippen LogP contribution in [0.2, 0.25) is 0 Å². The Balaban J connectivity index is 1.77. The number of benzene rings is 1. The highest BCUT2D eigenvalue weighted by molar-refractivity contribution is 5.88. The molecule has 4 N–H and O–H groups in total. The number of hydrogen-bond donors (Lipinski definition) is 3. The van der Waals surface area contributed by atoms with Crippen LogP contribution in [0.3, 0.4) is 0 Å². The molecule has 0 saturated carbocycles. The summed E-state index contributed by atoms with van der Waals surface area (Å²) in [5, 5.41) is 11.6. The fraction of sp³-hybridized carbons (Fsp3) is 0.500. The maximum Gasteiger partial charge on any atom is 0.0672 e. The number of nitrogens with zero attached hydrogens (tertiary/aromatic N) is 1. The van der Waals surface area contributed by atoms with Crippen LogP contribution in [0.5, 0.6) is 0 Å². The van der Waals surface area contributed by atoms with Gasteiger partial charge in [0, 0.05) is 24.6 Å². The van der Waals surface area contributed by atoms with Crippen molar-refractivity contribution >= 4 is 22.3 Å². The van der Waals surface area contributed by atoms with Crippen molar-refractivity contribution in [1.29, 1.82) is 0 Å². The first kappa shape index (κ1) is 12.3. The minimum absolute atomic E-state index is 0.395. The Bertz CT molecular complexity index is 560. The van der Waals surface area contributed by atoms with Gasteiger partial charge in [-0.25, -0.2) is 0 Å². The van der Waals surface area contributed by atoms with Gasteiger partial charge >= 0.3 is 0 Å². The Morgan fingerprint density at radius 3 is 3.00 bits per heavy atom. The lowest BCUT2D eigenvalue weighted by atomic mass is 9.92. The molecule has 5 heteroatoms. The third-order valence-corrected chi connectivity index (χ3v) is 3.97. The Kier molecular flexibility index (Phi) is 3.29. The zero-order valence-corrected chi connectivity index (χ0v) is 11.1. The van der Waals surface area contributed by atoms with Crippen LogP contribution in [-0.2, 0) is 4.74 Å². The summed E-state index contributed by atoms with van der Waals surface area (Å²) in [6.07, 6.45) is 4.01. The van der Waals surface area contributed by atoms with Gasteiger partial charge in [-0.2, -0.15) is 5.10 Å². The predicted octanol–water partition coefficient (Wildman–Crippen LogP) is 2.37. The van der Waals surface area contributed by atoms with Gasteiger partial charge in [-0.1, -0.05) is 0 Å². The molecule has 1 aromatic heterocycles. The van der Waals surface area contributed by atoms with Crippen molar-refractivity contribution in [3.05, 3.63) is 18.3 Å². The van der Waals surface area contributed by atoms with Crippen molar-refractivity contribution in [2.24, 2.45) is 5.92 Å². The molecule has 1 aliphatic heterocycles. The molecular formula is C14H20N4O. The Morgan fingerprint density at radius 2 is 2.21 bits per heavy atom. The number of nitrogens with one attached hydrogen (secondary N) is 2. The molecule has 2 heterocycles. The number of nitrogen functional groups attached to an aromatic ring is 1. The maximum absolute atomic E-state index is 6.09. The lowest BCUT2D eigenvalue weighted by molar-refractivity contribution is 0.0622. The van der Waals surface area contributed by atoms with Crippen LogP contribution in [0.4, 0.5) is 11.4 Å². The molecule has 5 nitrogen and oxygen atoms in total. The van der Waals surface area contributed by atoms with Crippen molar-refractivity contribution < 1.29 is 4.74 Å². The highest BCUT2D eigenvalue weighted by Gasteiger charge is 2.20. The van der Waals surface area contributed by atoms with E-state index in [2.05, 4.69) is 22.4 Å². The van der Waals surface area contributed by atoms with Gasteiger partial charge in [-0.15, -0.1) is 0 Å². The molecular weight excluding hydrogens is 240 g/mol. The fourth-order valence-electron chi connectivity index (χ4n) is 2.71. The third kappa shape index (κ3) is 2.51. The number of hydrogen-bond acceptors (Lipinski definition) is 4. The monoisotopic (exact) mass is 260 g/mol. The van der Waals surface area contributed by atoms with Gasteiger partial charge in [0.1, 0.15) is 0 Å². The van der Waals surface area contributed by atoms with Gasteiger partial charge in [0.15, 0.2) is 0 Å². The van der Waals surface area contributed by atoms with Gasteiger partial charge in [0.2, 0.25) is 0 Å². The highest BCUT2D eigenvalue weighted by atomic mass is 16.5. The SMILES string of the molecule is CC(Nc1cc2[nH]ncc2cc1N)C1CCOCC1. The molecule has 3 rings (SSSR count). The minimum Gasteiger partial charge on any atom is -0.397 e. The quantitative estimate of drug-likeness (QED) is 0.741. The molecule has 0 bridgehead atoms. The molecule has 2 aromatic rings. The van der Waals surface area contributed by atoms with Gasteiger partial charge in [0.05, 0.1) is 23.1 Å². The summed E-state index contributed by atoms with van der Waals surface area (Å²) in [5.74, 6) is 0.644. The van der Waals surface area contributed by atoms with Gasteiger partial charge in [-0.3, -0.25) is 5.10 Å².